The average molecular weight is 265 g/mol. The van der Waals surface area contributed by atoms with Crippen LogP contribution in [0.5, 0.6) is 5.88 Å². The molecule has 1 aromatic rings. The van der Waals surface area contributed by atoms with Crippen LogP contribution in [-0.2, 0) is 4.79 Å². The highest BCUT2D eigenvalue weighted by molar-refractivity contribution is 5.92. The van der Waals surface area contributed by atoms with Crippen molar-refractivity contribution in [1.82, 2.24) is 4.98 Å². The van der Waals surface area contributed by atoms with Crippen LogP contribution >= 0.6 is 0 Å². The third kappa shape index (κ3) is 5.26. The van der Waals surface area contributed by atoms with Crippen molar-refractivity contribution >= 4 is 11.6 Å². The summed E-state index contributed by atoms with van der Waals surface area (Å²) in [4.78, 5) is 16.0. The molecule has 1 amide bonds. The van der Waals surface area contributed by atoms with Crippen LogP contribution in [0, 0.1) is 11.8 Å². The highest BCUT2D eigenvalue weighted by Gasteiger charge is 2.15. The zero-order chi connectivity index (χ0) is 14.3. The first-order valence-corrected chi connectivity index (χ1v) is 6.55. The number of ether oxygens (including phenoxy) is 1. The lowest BCUT2D eigenvalue weighted by Crippen LogP contribution is -2.23. The van der Waals surface area contributed by atoms with Crippen molar-refractivity contribution in [2.24, 2.45) is 17.6 Å². The van der Waals surface area contributed by atoms with Crippen molar-refractivity contribution in [2.45, 2.75) is 26.7 Å². The summed E-state index contributed by atoms with van der Waals surface area (Å²) in [6, 6.07) is 3.52. The number of hydrogen-bond donors (Lipinski definition) is 2. The Morgan fingerprint density at radius 1 is 1.53 bits per heavy atom. The van der Waals surface area contributed by atoms with Crippen LogP contribution in [0.1, 0.15) is 26.7 Å². The number of amides is 1. The second kappa shape index (κ2) is 7.74. The minimum Gasteiger partial charge on any atom is -0.480 e. The fourth-order valence-electron chi connectivity index (χ4n) is 2.04. The van der Waals surface area contributed by atoms with Gasteiger partial charge in [-0.2, -0.15) is 0 Å². The molecule has 0 saturated carbocycles. The fourth-order valence-corrected chi connectivity index (χ4v) is 2.04. The van der Waals surface area contributed by atoms with E-state index in [4.69, 9.17) is 10.5 Å². The highest BCUT2D eigenvalue weighted by Crippen LogP contribution is 2.21. The molecule has 5 nitrogen and oxygen atoms in total. The van der Waals surface area contributed by atoms with Gasteiger partial charge in [0.25, 0.3) is 0 Å². The number of pyridine rings is 1. The summed E-state index contributed by atoms with van der Waals surface area (Å²) < 4.78 is 5.09. The number of carbonyl (C=O) groups is 1. The molecule has 0 aliphatic heterocycles. The topological polar surface area (TPSA) is 77.2 Å². The smallest absolute Gasteiger partial charge is 0.237 e. The number of nitrogens with one attached hydrogen (secondary N) is 1. The Morgan fingerprint density at radius 2 is 2.26 bits per heavy atom. The summed E-state index contributed by atoms with van der Waals surface area (Å²) >= 11 is 0. The molecule has 1 rings (SSSR count). The molecule has 0 bridgehead atoms. The minimum atomic E-state index is -0.0533. The van der Waals surface area contributed by atoms with E-state index in [1.54, 1.807) is 18.3 Å². The Balaban J connectivity index is 2.59. The maximum atomic E-state index is 12.0. The fraction of sp³-hybridized carbons (Fsp3) is 0.571. The summed E-state index contributed by atoms with van der Waals surface area (Å²) in [6.45, 7) is 4.78. The summed E-state index contributed by atoms with van der Waals surface area (Å²) in [5.74, 6) is 1.11. The van der Waals surface area contributed by atoms with E-state index < -0.39 is 0 Å². The van der Waals surface area contributed by atoms with Gasteiger partial charge in [0.15, 0.2) is 0 Å². The first kappa shape index (κ1) is 15.4. The molecule has 1 unspecified atom stereocenters. The molecule has 0 spiro atoms. The van der Waals surface area contributed by atoms with E-state index in [1.165, 1.54) is 7.11 Å². The van der Waals surface area contributed by atoms with E-state index in [0.29, 0.717) is 30.5 Å². The van der Waals surface area contributed by atoms with Gasteiger partial charge in [0.1, 0.15) is 5.69 Å². The van der Waals surface area contributed by atoms with Crippen molar-refractivity contribution in [3.8, 4) is 5.88 Å². The molecule has 0 fully saturated rings. The average Bonchev–Trinajstić information content (AvgIpc) is 2.38. The van der Waals surface area contributed by atoms with Gasteiger partial charge in [-0.15, -0.1) is 0 Å². The van der Waals surface area contributed by atoms with E-state index >= 15 is 0 Å². The molecule has 0 saturated heterocycles. The molecule has 5 heteroatoms. The minimum absolute atomic E-state index is 0.0533. The molecule has 0 aliphatic rings. The predicted molar refractivity (Wildman–Crippen MR) is 76.0 cm³/mol. The highest BCUT2D eigenvalue weighted by atomic mass is 16.5. The van der Waals surface area contributed by atoms with E-state index in [-0.39, 0.29) is 11.8 Å². The second-order valence-corrected chi connectivity index (χ2v) is 5.04. The van der Waals surface area contributed by atoms with Crippen molar-refractivity contribution < 1.29 is 9.53 Å². The molecular formula is C14H23N3O2. The third-order valence-corrected chi connectivity index (χ3v) is 2.85. The standard InChI is InChI=1S/C14H23N3O2/c1-10(2)7-11(9-15)8-13(18)17-12-5-4-6-16-14(12)19-3/h4-6,10-11H,7-9,15H2,1-3H3,(H,17,18). The zero-order valence-corrected chi connectivity index (χ0v) is 11.8. The number of rotatable bonds is 7. The van der Waals surface area contributed by atoms with Crippen LogP contribution < -0.4 is 15.8 Å². The van der Waals surface area contributed by atoms with E-state index in [1.807, 2.05) is 0 Å². The molecule has 106 valence electrons. The Bertz CT molecular complexity index is 407. The van der Waals surface area contributed by atoms with E-state index in [0.717, 1.165) is 6.42 Å². The lowest BCUT2D eigenvalue weighted by atomic mass is 9.94. The number of aromatic nitrogens is 1. The van der Waals surface area contributed by atoms with Gasteiger partial charge in [-0.05, 0) is 36.9 Å². The van der Waals surface area contributed by atoms with Crippen molar-refractivity contribution in [1.29, 1.82) is 0 Å². The lowest BCUT2D eigenvalue weighted by molar-refractivity contribution is -0.117. The van der Waals surface area contributed by atoms with E-state index in [9.17, 15) is 4.79 Å². The van der Waals surface area contributed by atoms with Crippen LogP contribution in [-0.4, -0.2) is 24.5 Å². The summed E-state index contributed by atoms with van der Waals surface area (Å²) in [7, 11) is 1.53. The van der Waals surface area contributed by atoms with Crippen LogP contribution in [0.25, 0.3) is 0 Å². The predicted octanol–water partition coefficient (Wildman–Crippen LogP) is 2.04. The lowest BCUT2D eigenvalue weighted by Gasteiger charge is -2.17. The summed E-state index contributed by atoms with van der Waals surface area (Å²) in [5, 5.41) is 2.82. The molecule has 19 heavy (non-hydrogen) atoms. The van der Waals surface area contributed by atoms with Gasteiger partial charge in [0, 0.05) is 12.6 Å². The van der Waals surface area contributed by atoms with Gasteiger partial charge in [0.2, 0.25) is 11.8 Å². The van der Waals surface area contributed by atoms with Crippen molar-refractivity contribution in [2.75, 3.05) is 19.0 Å². The summed E-state index contributed by atoms with van der Waals surface area (Å²) in [6.07, 6.45) is 3.00. The van der Waals surface area contributed by atoms with Gasteiger partial charge in [0.05, 0.1) is 7.11 Å². The molecular weight excluding hydrogens is 242 g/mol. The van der Waals surface area contributed by atoms with Gasteiger partial charge >= 0.3 is 0 Å². The maximum Gasteiger partial charge on any atom is 0.237 e. The third-order valence-electron chi connectivity index (χ3n) is 2.85. The Labute approximate surface area is 114 Å². The SMILES string of the molecule is COc1ncccc1NC(=O)CC(CN)CC(C)C. The maximum absolute atomic E-state index is 12.0. The molecule has 0 aliphatic carbocycles. The molecule has 1 aromatic heterocycles. The number of anilines is 1. The first-order chi connectivity index (χ1) is 9.06. The Kier molecular flexibility index (Phi) is 6.29. The Hall–Kier alpha value is -1.62. The molecule has 1 heterocycles. The molecule has 0 radical (unpaired) electrons. The van der Waals surface area contributed by atoms with E-state index in [2.05, 4.69) is 24.1 Å². The number of nitrogens with two attached hydrogens (primary N) is 1. The van der Waals surface area contributed by atoms with Gasteiger partial charge < -0.3 is 15.8 Å². The molecule has 0 aromatic carbocycles. The van der Waals surface area contributed by atoms with Gasteiger partial charge in [-0.1, -0.05) is 13.8 Å². The number of carbonyl (C=O) groups excluding carboxylic acids is 1. The van der Waals surface area contributed by atoms with Crippen LogP contribution in [0.2, 0.25) is 0 Å². The second-order valence-electron chi connectivity index (χ2n) is 5.04. The van der Waals surface area contributed by atoms with Crippen LogP contribution in [0.15, 0.2) is 18.3 Å². The monoisotopic (exact) mass is 265 g/mol. The largest absolute Gasteiger partial charge is 0.480 e. The normalized spacial score (nSPS) is 12.3. The Morgan fingerprint density at radius 3 is 2.84 bits per heavy atom. The van der Waals surface area contributed by atoms with Crippen LogP contribution in [0.4, 0.5) is 5.69 Å². The van der Waals surface area contributed by atoms with Crippen molar-refractivity contribution in [3.63, 3.8) is 0 Å². The number of methoxy groups -OCH3 is 1. The first-order valence-electron chi connectivity index (χ1n) is 6.55. The molecule has 1 atom stereocenters. The number of nitrogens with zero attached hydrogens (tertiary/aromatic N) is 1. The van der Waals surface area contributed by atoms with Gasteiger partial charge in [-0.3, -0.25) is 4.79 Å². The zero-order valence-electron chi connectivity index (χ0n) is 11.8. The summed E-state index contributed by atoms with van der Waals surface area (Å²) in [5.41, 5.74) is 6.29. The molecule has 3 N–H and O–H groups in total. The quantitative estimate of drug-likeness (QED) is 0.791. The number of hydrogen-bond acceptors (Lipinski definition) is 4. The van der Waals surface area contributed by atoms with Crippen LogP contribution in [0.3, 0.4) is 0 Å². The van der Waals surface area contributed by atoms with Gasteiger partial charge in [-0.25, -0.2) is 4.98 Å². The van der Waals surface area contributed by atoms with Crippen molar-refractivity contribution in [3.05, 3.63) is 18.3 Å².